The molecule has 0 saturated heterocycles. The van der Waals surface area contributed by atoms with Crippen LogP contribution in [0, 0.1) is 13.8 Å². The molecule has 0 amide bonds. The summed E-state index contributed by atoms with van der Waals surface area (Å²) in [6.45, 7) is 10.2. The fourth-order valence-electron chi connectivity index (χ4n) is 2.13. The maximum atomic E-state index is 11.3. The van der Waals surface area contributed by atoms with Crippen LogP contribution in [0.4, 0.5) is 0 Å². The molecule has 1 aromatic rings. The van der Waals surface area contributed by atoms with Gasteiger partial charge in [0.25, 0.3) is 0 Å². The van der Waals surface area contributed by atoms with Gasteiger partial charge in [-0.25, -0.2) is 8.42 Å². The number of sulfone groups is 1. The van der Waals surface area contributed by atoms with Crippen LogP contribution >= 0.6 is 0 Å². The van der Waals surface area contributed by atoms with E-state index in [1.807, 2.05) is 0 Å². The molecule has 0 aromatic carbocycles. The first kappa shape index (κ1) is 15.2. The van der Waals surface area contributed by atoms with Crippen molar-refractivity contribution in [3.63, 3.8) is 0 Å². The van der Waals surface area contributed by atoms with Crippen LogP contribution in [0.1, 0.15) is 30.8 Å². The summed E-state index contributed by atoms with van der Waals surface area (Å²) in [6.07, 6.45) is 0. The third kappa shape index (κ3) is 3.85. The molecular formula is C13H24N2O2S. The van der Waals surface area contributed by atoms with Gasteiger partial charge in [-0.05, 0) is 32.4 Å². The van der Waals surface area contributed by atoms with E-state index >= 15 is 0 Å². The van der Waals surface area contributed by atoms with Gasteiger partial charge in [0.2, 0.25) is 0 Å². The maximum Gasteiger partial charge on any atom is 0.151 e. The van der Waals surface area contributed by atoms with Crippen molar-refractivity contribution in [2.75, 3.05) is 18.1 Å². The molecule has 5 heteroatoms. The number of nitrogens with one attached hydrogen (secondary N) is 1. The average Bonchev–Trinajstić information content (AvgIpc) is 2.60. The Morgan fingerprint density at radius 1 is 1.28 bits per heavy atom. The van der Waals surface area contributed by atoms with E-state index in [1.165, 1.54) is 17.0 Å². The molecule has 104 valence electrons. The van der Waals surface area contributed by atoms with E-state index < -0.39 is 9.84 Å². The minimum atomic E-state index is -2.86. The summed E-state index contributed by atoms with van der Waals surface area (Å²) in [5, 5.41) is 3.21. The normalized spacial score (nSPS) is 12.0. The Balaban J connectivity index is 2.50. The van der Waals surface area contributed by atoms with Gasteiger partial charge in [-0.15, -0.1) is 0 Å². The monoisotopic (exact) mass is 272 g/mol. The van der Waals surface area contributed by atoms with Crippen molar-refractivity contribution in [2.45, 2.75) is 40.8 Å². The number of aryl methyl sites for hydroxylation is 1. The quantitative estimate of drug-likeness (QED) is 0.768. The smallest absolute Gasteiger partial charge is 0.151 e. The highest BCUT2D eigenvalue weighted by Gasteiger charge is 2.09. The van der Waals surface area contributed by atoms with Crippen LogP contribution in [0.2, 0.25) is 0 Å². The lowest BCUT2D eigenvalue weighted by molar-refractivity contribution is 0.591. The van der Waals surface area contributed by atoms with Gasteiger partial charge in [0.05, 0.1) is 5.75 Å². The highest BCUT2D eigenvalue weighted by molar-refractivity contribution is 7.91. The van der Waals surface area contributed by atoms with E-state index in [2.05, 4.69) is 36.7 Å². The standard InChI is InChI=1S/C13H24N2O2S/c1-5-15-11(3)9-13(12(15)4)10-14-7-8-18(16,17)6-2/h9,14H,5-8,10H2,1-4H3. The highest BCUT2D eigenvalue weighted by atomic mass is 32.2. The van der Waals surface area contributed by atoms with Crippen LogP contribution in [-0.2, 0) is 22.9 Å². The molecule has 0 bridgehead atoms. The largest absolute Gasteiger partial charge is 0.349 e. The van der Waals surface area contributed by atoms with E-state index in [4.69, 9.17) is 0 Å². The minimum absolute atomic E-state index is 0.218. The third-order valence-electron chi connectivity index (χ3n) is 3.34. The van der Waals surface area contributed by atoms with E-state index in [9.17, 15) is 8.42 Å². The molecule has 4 nitrogen and oxygen atoms in total. The first-order valence-corrected chi connectivity index (χ1v) is 8.30. The van der Waals surface area contributed by atoms with Gasteiger partial charge in [0.1, 0.15) is 0 Å². The summed E-state index contributed by atoms with van der Waals surface area (Å²) in [7, 11) is -2.86. The molecule has 0 fully saturated rings. The number of rotatable bonds is 7. The lowest BCUT2D eigenvalue weighted by Gasteiger charge is -2.07. The van der Waals surface area contributed by atoms with E-state index in [-0.39, 0.29) is 11.5 Å². The van der Waals surface area contributed by atoms with E-state index in [1.54, 1.807) is 6.92 Å². The minimum Gasteiger partial charge on any atom is -0.349 e. The topological polar surface area (TPSA) is 51.1 Å². The first-order chi connectivity index (χ1) is 8.41. The van der Waals surface area contributed by atoms with Crippen molar-refractivity contribution in [3.8, 4) is 0 Å². The molecule has 0 radical (unpaired) electrons. The molecule has 1 rings (SSSR count). The van der Waals surface area contributed by atoms with Gasteiger partial charge in [0.15, 0.2) is 9.84 Å². The number of hydrogen-bond acceptors (Lipinski definition) is 3. The zero-order valence-corrected chi connectivity index (χ0v) is 12.6. The summed E-state index contributed by atoms with van der Waals surface area (Å²) >= 11 is 0. The van der Waals surface area contributed by atoms with Crippen molar-refractivity contribution in [3.05, 3.63) is 23.0 Å². The van der Waals surface area contributed by atoms with Gasteiger partial charge in [0, 0.05) is 36.8 Å². The Bertz CT molecular complexity index is 489. The number of hydrogen-bond donors (Lipinski definition) is 1. The predicted octanol–water partition coefficient (Wildman–Crippen LogP) is 1.65. The van der Waals surface area contributed by atoms with E-state index in [0.29, 0.717) is 6.54 Å². The zero-order chi connectivity index (χ0) is 13.8. The molecule has 1 N–H and O–H groups in total. The summed E-state index contributed by atoms with van der Waals surface area (Å²) in [5.41, 5.74) is 3.78. The lowest BCUT2D eigenvalue weighted by atomic mass is 10.2. The van der Waals surface area contributed by atoms with Crippen LogP contribution in [0.25, 0.3) is 0 Å². The van der Waals surface area contributed by atoms with Crippen molar-refractivity contribution >= 4 is 9.84 Å². The molecule has 0 aliphatic carbocycles. The second-order valence-electron chi connectivity index (χ2n) is 4.55. The van der Waals surface area contributed by atoms with Crippen LogP contribution in [0.5, 0.6) is 0 Å². The summed E-state index contributed by atoms with van der Waals surface area (Å²) in [5.74, 6) is 0.440. The van der Waals surface area contributed by atoms with Crippen LogP contribution in [0.15, 0.2) is 6.07 Å². The fraction of sp³-hybridized carbons (Fsp3) is 0.692. The number of nitrogens with zero attached hydrogens (tertiary/aromatic N) is 1. The second kappa shape index (κ2) is 6.38. The molecule has 0 atom stereocenters. The van der Waals surface area contributed by atoms with Gasteiger partial charge >= 0.3 is 0 Å². The average molecular weight is 272 g/mol. The maximum absolute atomic E-state index is 11.3. The molecule has 1 aromatic heterocycles. The highest BCUT2D eigenvalue weighted by Crippen LogP contribution is 2.14. The molecule has 18 heavy (non-hydrogen) atoms. The van der Waals surface area contributed by atoms with Gasteiger partial charge in [-0.2, -0.15) is 0 Å². The molecular weight excluding hydrogens is 248 g/mol. The van der Waals surface area contributed by atoms with Gasteiger partial charge in [-0.3, -0.25) is 0 Å². The molecule has 0 aliphatic heterocycles. The Morgan fingerprint density at radius 2 is 1.94 bits per heavy atom. The summed E-state index contributed by atoms with van der Waals surface area (Å²) in [4.78, 5) is 0. The van der Waals surface area contributed by atoms with Crippen LogP contribution in [0.3, 0.4) is 0 Å². The Labute approximate surface area is 110 Å². The second-order valence-corrected chi connectivity index (χ2v) is 7.03. The fourth-order valence-corrected chi connectivity index (χ4v) is 2.88. The van der Waals surface area contributed by atoms with E-state index in [0.717, 1.165) is 13.1 Å². The molecule has 1 heterocycles. The Kier molecular flexibility index (Phi) is 5.41. The summed E-state index contributed by atoms with van der Waals surface area (Å²) < 4.78 is 24.9. The predicted molar refractivity (Wildman–Crippen MR) is 75.6 cm³/mol. The molecule has 0 aliphatic rings. The first-order valence-electron chi connectivity index (χ1n) is 6.48. The molecule has 0 unspecified atom stereocenters. The third-order valence-corrected chi connectivity index (χ3v) is 5.05. The van der Waals surface area contributed by atoms with Gasteiger partial charge < -0.3 is 9.88 Å². The van der Waals surface area contributed by atoms with Crippen LogP contribution in [-0.4, -0.2) is 31.0 Å². The van der Waals surface area contributed by atoms with Gasteiger partial charge in [-0.1, -0.05) is 6.92 Å². The van der Waals surface area contributed by atoms with Crippen molar-refractivity contribution in [1.82, 2.24) is 9.88 Å². The molecule has 0 saturated carbocycles. The molecule has 0 spiro atoms. The number of aromatic nitrogens is 1. The lowest BCUT2D eigenvalue weighted by Crippen LogP contribution is -2.23. The van der Waals surface area contributed by atoms with Crippen molar-refractivity contribution in [2.24, 2.45) is 0 Å². The van der Waals surface area contributed by atoms with Crippen LogP contribution < -0.4 is 5.32 Å². The Hall–Kier alpha value is -0.810. The van der Waals surface area contributed by atoms with Crippen molar-refractivity contribution in [1.29, 1.82) is 0 Å². The zero-order valence-electron chi connectivity index (χ0n) is 11.8. The SMILES string of the molecule is CCn1c(C)cc(CNCCS(=O)(=O)CC)c1C. The van der Waals surface area contributed by atoms with Crippen molar-refractivity contribution < 1.29 is 8.42 Å². The Morgan fingerprint density at radius 3 is 2.44 bits per heavy atom. The summed E-state index contributed by atoms with van der Waals surface area (Å²) in [6, 6.07) is 2.17.